The van der Waals surface area contributed by atoms with E-state index >= 15 is 0 Å². The molecule has 22 heavy (non-hydrogen) atoms. The molecular formula is C16H22N4O2. The third-order valence-corrected chi connectivity index (χ3v) is 3.31. The number of benzene rings is 1. The molecule has 0 aliphatic rings. The highest BCUT2D eigenvalue weighted by atomic mass is 16.5. The number of nitrogens with zero attached hydrogens (tertiary/aromatic N) is 3. The number of nitrogens with two attached hydrogens (primary N) is 1. The summed E-state index contributed by atoms with van der Waals surface area (Å²) in [6, 6.07) is 7.25. The first-order valence-corrected chi connectivity index (χ1v) is 7.29. The van der Waals surface area contributed by atoms with Crippen LogP contribution in [0.3, 0.4) is 0 Å². The van der Waals surface area contributed by atoms with E-state index < -0.39 is 0 Å². The minimum absolute atomic E-state index is 0.360. The van der Waals surface area contributed by atoms with Crippen LogP contribution < -0.4 is 20.1 Å². The molecule has 0 radical (unpaired) electrons. The average Bonchev–Trinajstić information content (AvgIpc) is 2.55. The third kappa shape index (κ3) is 3.78. The maximum Gasteiger partial charge on any atom is 0.248 e. The summed E-state index contributed by atoms with van der Waals surface area (Å²) in [7, 11) is 3.59. The summed E-state index contributed by atoms with van der Waals surface area (Å²) in [6.45, 7) is 3.04. The summed E-state index contributed by atoms with van der Waals surface area (Å²) >= 11 is 0. The molecule has 0 spiro atoms. The molecule has 2 aromatic rings. The van der Waals surface area contributed by atoms with Crippen molar-refractivity contribution >= 4 is 11.5 Å². The van der Waals surface area contributed by atoms with Crippen LogP contribution in [0.25, 0.3) is 0 Å². The molecule has 0 aliphatic heterocycles. The van der Waals surface area contributed by atoms with Crippen LogP contribution in [0.4, 0.5) is 11.5 Å². The van der Waals surface area contributed by atoms with Crippen LogP contribution >= 0.6 is 0 Å². The standard InChI is InChI=1S/C16H22N4O2/c1-4-5-10-20(2)15-14(17)16(19-11-18-15)22-13-8-6-12(21-3)7-9-13/h6-9,11H,4-5,10,17H2,1-3H3. The van der Waals surface area contributed by atoms with Crippen LogP contribution in [0.5, 0.6) is 17.4 Å². The van der Waals surface area contributed by atoms with Crippen LogP contribution in [0, 0.1) is 0 Å². The quantitative estimate of drug-likeness (QED) is 0.847. The van der Waals surface area contributed by atoms with E-state index in [1.54, 1.807) is 19.2 Å². The Balaban J connectivity index is 2.17. The van der Waals surface area contributed by atoms with Crippen LogP contribution in [0.1, 0.15) is 19.8 Å². The number of nitrogen functional groups attached to an aromatic ring is 1. The predicted octanol–water partition coefficient (Wildman–Crippen LogP) is 3.10. The lowest BCUT2D eigenvalue weighted by Gasteiger charge is -2.20. The van der Waals surface area contributed by atoms with E-state index in [0.29, 0.717) is 23.1 Å². The number of methoxy groups -OCH3 is 1. The van der Waals surface area contributed by atoms with Crippen LogP contribution in [-0.2, 0) is 0 Å². The lowest BCUT2D eigenvalue weighted by Crippen LogP contribution is -2.21. The lowest BCUT2D eigenvalue weighted by atomic mass is 10.3. The fraction of sp³-hybridized carbons (Fsp3) is 0.375. The molecule has 2 N–H and O–H groups in total. The Bertz CT molecular complexity index is 602. The number of rotatable bonds is 7. The summed E-state index contributed by atoms with van der Waals surface area (Å²) < 4.78 is 10.9. The van der Waals surface area contributed by atoms with Crippen molar-refractivity contribution in [2.24, 2.45) is 0 Å². The summed E-state index contributed by atoms with van der Waals surface area (Å²) in [5.74, 6) is 2.46. The molecule has 0 saturated carbocycles. The van der Waals surface area contributed by atoms with Crippen molar-refractivity contribution < 1.29 is 9.47 Å². The maximum absolute atomic E-state index is 6.14. The minimum Gasteiger partial charge on any atom is -0.497 e. The van der Waals surface area contributed by atoms with Gasteiger partial charge < -0.3 is 20.1 Å². The second-order valence-electron chi connectivity index (χ2n) is 4.97. The second kappa shape index (κ2) is 7.49. The number of hydrogen-bond donors (Lipinski definition) is 1. The topological polar surface area (TPSA) is 73.5 Å². The van der Waals surface area contributed by atoms with Gasteiger partial charge in [0.2, 0.25) is 5.88 Å². The molecule has 0 amide bonds. The van der Waals surface area contributed by atoms with E-state index in [0.717, 1.165) is 25.1 Å². The Hall–Kier alpha value is -2.50. The van der Waals surface area contributed by atoms with E-state index in [2.05, 4.69) is 16.9 Å². The Morgan fingerprint density at radius 1 is 1.14 bits per heavy atom. The van der Waals surface area contributed by atoms with Crippen molar-refractivity contribution in [3.8, 4) is 17.4 Å². The van der Waals surface area contributed by atoms with Gasteiger partial charge in [-0.05, 0) is 30.7 Å². The predicted molar refractivity (Wildman–Crippen MR) is 87.7 cm³/mol. The first-order chi connectivity index (χ1) is 10.7. The molecule has 0 fully saturated rings. The van der Waals surface area contributed by atoms with Crippen molar-refractivity contribution in [3.63, 3.8) is 0 Å². The van der Waals surface area contributed by atoms with Crippen LogP contribution in [-0.4, -0.2) is 30.7 Å². The molecule has 1 aromatic carbocycles. The molecule has 1 aromatic heterocycles. The van der Waals surface area contributed by atoms with Crippen LogP contribution in [0.2, 0.25) is 0 Å². The largest absolute Gasteiger partial charge is 0.497 e. The molecule has 6 nitrogen and oxygen atoms in total. The normalized spacial score (nSPS) is 10.3. The second-order valence-corrected chi connectivity index (χ2v) is 4.97. The Morgan fingerprint density at radius 3 is 2.45 bits per heavy atom. The monoisotopic (exact) mass is 302 g/mol. The number of ether oxygens (including phenoxy) is 2. The summed E-state index contributed by atoms with van der Waals surface area (Å²) in [5.41, 5.74) is 6.59. The van der Waals surface area contributed by atoms with Crippen molar-refractivity contribution in [2.45, 2.75) is 19.8 Å². The van der Waals surface area contributed by atoms with E-state index in [9.17, 15) is 0 Å². The van der Waals surface area contributed by atoms with Crippen molar-refractivity contribution in [2.75, 3.05) is 31.3 Å². The molecule has 0 aliphatic carbocycles. The van der Waals surface area contributed by atoms with E-state index in [1.165, 1.54) is 6.33 Å². The fourth-order valence-electron chi connectivity index (χ4n) is 2.01. The first kappa shape index (κ1) is 15.9. The summed E-state index contributed by atoms with van der Waals surface area (Å²) in [6.07, 6.45) is 3.66. The highest BCUT2D eigenvalue weighted by molar-refractivity contribution is 5.67. The first-order valence-electron chi connectivity index (χ1n) is 7.29. The number of unbranched alkanes of at least 4 members (excludes halogenated alkanes) is 1. The molecular weight excluding hydrogens is 280 g/mol. The number of anilines is 2. The SMILES string of the molecule is CCCCN(C)c1ncnc(Oc2ccc(OC)cc2)c1N. The van der Waals surface area contributed by atoms with Gasteiger partial charge in [0.25, 0.3) is 0 Å². The molecule has 118 valence electrons. The number of aromatic nitrogens is 2. The molecule has 0 atom stereocenters. The number of hydrogen-bond acceptors (Lipinski definition) is 6. The Morgan fingerprint density at radius 2 is 1.82 bits per heavy atom. The van der Waals surface area contributed by atoms with Crippen molar-refractivity contribution in [3.05, 3.63) is 30.6 Å². The van der Waals surface area contributed by atoms with Gasteiger partial charge in [-0.25, -0.2) is 4.98 Å². The average molecular weight is 302 g/mol. The van der Waals surface area contributed by atoms with E-state index in [1.807, 2.05) is 24.1 Å². The van der Waals surface area contributed by atoms with Crippen LogP contribution in [0.15, 0.2) is 30.6 Å². The zero-order valence-corrected chi connectivity index (χ0v) is 13.2. The highest BCUT2D eigenvalue weighted by Crippen LogP contribution is 2.31. The molecule has 0 unspecified atom stereocenters. The van der Waals surface area contributed by atoms with Gasteiger partial charge in [-0.3, -0.25) is 0 Å². The van der Waals surface area contributed by atoms with E-state index in [4.69, 9.17) is 15.2 Å². The van der Waals surface area contributed by atoms with Gasteiger partial charge in [-0.2, -0.15) is 4.98 Å². The Labute approximate surface area is 130 Å². The molecule has 6 heteroatoms. The maximum atomic E-state index is 6.14. The van der Waals surface area contributed by atoms with Gasteiger partial charge in [0.15, 0.2) is 5.82 Å². The van der Waals surface area contributed by atoms with Gasteiger partial charge in [0.1, 0.15) is 23.5 Å². The smallest absolute Gasteiger partial charge is 0.248 e. The van der Waals surface area contributed by atoms with Gasteiger partial charge in [0, 0.05) is 13.6 Å². The van der Waals surface area contributed by atoms with Crippen molar-refractivity contribution in [1.82, 2.24) is 9.97 Å². The molecule has 0 bridgehead atoms. The minimum atomic E-state index is 0.360. The third-order valence-electron chi connectivity index (χ3n) is 3.31. The zero-order valence-electron chi connectivity index (χ0n) is 13.2. The van der Waals surface area contributed by atoms with E-state index in [-0.39, 0.29) is 0 Å². The van der Waals surface area contributed by atoms with Crippen molar-refractivity contribution in [1.29, 1.82) is 0 Å². The molecule has 2 rings (SSSR count). The highest BCUT2D eigenvalue weighted by Gasteiger charge is 2.13. The summed E-state index contributed by atoms with van der Waals surface area (Å²) in [5, 5.41) is 0. The van der Waals surface area contributed by atoms with Gasteiger partial charge in [-0.15, -0.1) is 0 Å². The summed E-state index contributed by atoms with van der Waals surface area (Å²) in [4.78, 5) is 10.4. The van der Waals surface area contributed by atoms with Gasteiger partial charge in [0.05, 0.1) is 7.11 Å². The molecule has 0 saturated heterocycles. The zero-order chi connectivity index (χ0) is 15.9. The van der Waals surface area contributed by atoms with Gasteiger partial charge in [-0.1, -0.05) is 13.3 Å². The lowest BCUT2D eigenvalue weighted by molar-refractivity contribution is 0.412. The Kier molecular flexibility index (Phi) is 5.41. The fourth-order valence-corrected chi connectivity index (χ4v) is 2.01. The van der Waals surface area contributed by atoms with Gasteiger partial charge >= 0.3 is 0 Å². The molecule has 1 heterocycles.